The van der Waals surface area contributed by atoms with Crippen LogP contribution in [0.5, 0.6) is 5.75 Å². The summed E-state index contributed by atoms with van der Waals surface area (Å²) >= 11 is 0. The van der Waals surface area contributed by atoms with E-state index in [0.29, 0.717) is 5.69 Å². The van der Waals surface area contributed by atoms with Crippen LogP contribution in [0.25, 0.3) is 16.5 Å². The first-order valence-electron chi connectivity index (χ1n) is 7.90. The Bertz CT molecular complexity index is 1100. The lowest BCUT2D eigenvalue weighted by Crippen LogP contribution is -2.02. The SMILES string of the molecule is Oc1c(C2=Nc3ccccc3C2=C2C=CC=C2)[nH]c2ccccc12. The Labute approximate surface area is 139 Å². The Morgan fingerprint density at radius 3 is 2.46 bits per heavy atom. The molecular formula is C21H14N2O. The summed E-state index contributed by atoms with van der Waals surface area (Å²) in [6.45, 7) is 0. The Morgan fingerprint density at radius 2 is 1.62 bits per heavy atom. The molecule has 0 saturated carbocycles. The number of aromatic amines is 1. The third kappa shape index (κ3) is 1.75. The molecule has 0 spiro atoms. The Hall–Kier alpha value is -3.33. The van der Waals surface area contributed by atoms with Gasteiger partial charge in [-0.15, -0.1) is 0 Å². The molecule has 1 aromatic heterocycles. The number of aliphatic imine (C=N–C) groups is 1. The molecule has 0 atom stereocenters. The normalized spacial score (nSPS) is 15.4. The maximum absolute atomic E-state index is 10.7. The standard InChI is InChI=1S/C21H14N2O/c24-21-15-10-4-6-12-17(15)23-20(21)19-18(13-7-1-2-8-13)14-9-3-5-11-16(14)22-19/h1-12,23-24H. The van der Waals surface area contributed by atoms with Gasteiger partial charge in [-0.05, 0) is 23.8 Å². The molecule has 3 aromatic rings. The second-order valence-corrected chi connectivity index (χ2v) is 5.92. The van der Waals surface area contributed by atoms with Gasteiger partial charge in [-0.2, -0.15) is 0 Å². The zero-order valence-electron chi connectivity index (χ0n) is 12.8. The molecule has 24 heavy (non-hydrogen) atoms. The summed E-state index contributed by atoms with van der Waals surface area (Å²) in [7, 11) is 0. The highest BCUT2D eigenvalue weighted by Gasteiger charge is 2.28. The van der Waals surface area contributed by atoms with E-state index in [4.69, 9.17) is 4.99 Å². The predicted octanol–water partition coefficient (Wildman–Crippen LogP) is 4.89. The summed E-state index contributed by atoms with van der Waals surface area (Å²) in [5.41, 5.74) is 6.55. The molecule has 3 heteroatoms. The first kappa shape index (κ1) is 13.1. The molecule has 0 radical (unpaired) electrons. The fraction of sp³-hybridized carbons (Fsp3) is 0. The average Bonchev–Trinajstić information content (AvgIpc) is 3.32. The molecule has 5 rings (SSSR count). The van der Waals surface area contributed by atoms with Crippen molar-refractivity contribution in [3.8, 4) is 5.75 Å². The number of rotatable bonds is 1. The van der Waals surface area contributed by atoms with Crippen molar-refractivity contribution in [1.82, 2.24) is 4.98 Å². The number of nitrogens with zero attached hydrogens (tertiary/aromatic N) is 1. The van der Waals surface area contributed by atoms with Crippen LogP contribution in [0.15, 0.2) is 83.4 Å². The van der Waals surface area contributed by atoms with Crippen LogP contribution in [-0.4, -0.2) is 15.8 Å². The summed E-state index contributed by atoms with van der Waals surface area (Å²) in [5, 5.41) is 11.5. The van der Waals surface area contributed by atoms with Crippen molar-refractivity contribution < 1.29 is 5.11 Å². The summed E-state index contributed by atoms with van der Waals surface area (Å²) in [5.74, 6) is 0.251. The molecule has 0 unspecified atom stereocenters. The van der Waals surface area contributed by atoms with E-state index in [-0.39, 0.29) is 5.75 Å². The van der Waals surface area contributed by atoms with Crippen molar-refractivity contribution in [3.05, 3.63) is 89.7 Å². The van der Waals surface area contributed by atoms with Gasteiger partial charge in [-0.3, -0.25) is 0 Å². The maximum Gasteiger partial charge on any atom is 0.150 e. The molecule has 2 aromatic carbocycles. The van der Waals surface area contributed by atoms with Crippen LogP contribution in [0.3, 0.4) is 0 Å². The van der Waals surface area contributed by atoms with Gasteiger partial charge >= 0.3 is 0 Å². The molecule has 1 aliphatic heterocycles. The minimum absolute atomic E-state index is 0.251. The summed E-state index contributed by atoms with van der Waals surface area (Å²) in [6.07, 6.45) is 8.19. The van der Waals surface area contributed by atoms with Gasteiger partial charge < -0.3 is 10.1 Å². The Morgan fingerprint density at radius 1 is 0.875 bits per heavy atom. The third-order valence-corrected chi connectivity index (χ3v) is 4.51. The van der Waals surface area contributed by atoms with Crippen LogP contribution in [0.1, 0.15) is 11.3 Å². The van der Waals surface area contributed by atoms with Gasteiger partial charge in [-0.25, -0.2) is 4.99 Å². The van der Waals surface area contributed by atoms with Crippen molar-refractivity contribution in [2.24, 2.45) is 4.99 Å². The topological polar surface area (TPSA) is 48.4 Å². The predicted molar refractivity (Wildman–Crippen MR) is 97.8 cm³/mol. The molecule has 114 valence electrons. The summed E-state index contributed by atoms with van der Waals surface area (Å²) in [6, 6.07) is 15.8. The molecule has 0 fully saturated rings. The van der Waals surface area contributed by atoms with Crippen molar-refractivity contribution in [2.45, 2.75) is 0 Å². The van der Waals surface area contributed by atoms with E-state index in [9.17, 15) is 5.11 Å². The van der Waals surface area contributed by atoms with E-state index in [2.05, 4.69) is 23.2 Å². The van der Waals surface area contributed by atoms with Gasteiger partial charge in [0.25, 0.3) is 0 Å². The van der Waals surface area contributed by atoms with E-state index in [1.807, 2.05) is 54.6 Å². The summed E-state index contributed by atoms with van der Waals surface area (Å²) < 4.78 is 0. The van der Waals surface area contributed by atoms with Crippen LogP contribution in [0.4, 0.5) is 5.69 Å². The Balaban J connectivity index is 1.81. The van der Waals surface area contributed by atoms with Crippen molar-refractivity contribution in [1.29, 1.82) is 0 Å². The Kier molecular flexibility index (Phi) is 2.65. The minimum Gasteiger partial charge on any atom is -0.505 e. The largest absolute Gasteiger partial charge is 0.505 e. The van der Waals surface area contributed by atoms with Crippen LogP contribution in [0.2, 0.25) is 0 Å². The number of benzene rings is 2. The molecule has 2 N–H and O–H groups in total. The zero-order valence-corrected chi connectivity index (χ0v) is 12.8. The minimum atomic E-state index is 0.251. The number of H-pyrrole nitrogens is 1. The molecule has 0 amide bonds. The number of fused-ring (bicyclic) bond motifs is 2. The highest BCUT2D eigenvalue weighted by Crippen LogP contribution is 2.42. The van der Waals surface area contributed by atoms with Crippen LogP contribution < -0.4 is 0 Å². The smallest absolute Gasteiger partial charge is 0.150 e. The van der Waals surface area contributed by atoms with Crippen molar-refractivity contribution >= 4 is 27.9 Å². The lowest BCUT2D eigenvalue weighted by atomic mass is 9.95. The van der Waals surface area contributed by atoms with Gasteiger partial charge in [0.15, 0.2) is 5.75 Å². The molecule has 2 aliphatic rings. The fourth-order valence-electron chi connectivity index (χ4n) is 3.40. The number of aromatic hydroxyl groups is 1. The van der Waals surface area contributed by atoms with E-state index in [1.165, 1.54) is 0 Å². The van der Waals surface area contributed by atoms with Crippen molar-refractivity contribution in [3.63, 3.8) is 0 Å². The molecule has 3 nitrogen and oxygen atoms in total. The first-order chi connectivity index (χ1) is 11.8. The number of para-hydroxylation sites is 2. The van der Waals surface area contributed by atoms with Gasteiger partial charge in [-0.1, -0.05) is 54.6 Å². The number of hydrogen-bond donors (Lipinski definition) is 2. The molecule has 0 bridgehead atoms. The molecular weight excluding hydrogens is 296 g/mol. The fourth-order valence-corrected chi connectivity index (χ4v) is 3.40. The maximum atomic E-state index is 10.7. The highest BCUT2D eigenvalue weighted by atomic mass is 16.3. The zero-order chi connectivity index (χ0) is 16.1. The number of nitrogens with one attached hydrogen (secondary N) is 1. The molecule has 2 heterocycles. The van der Waals surface area contributed by atoms with Gasteiger partial charge in [0.1, 0.15) is 5.69 Å². The molecule has 0 saturated heterocycles. The second-order valence-electron chi connectivity index (χ2n) is 5.92. The van der Waals surface area contributed by atoms with E-state index < -0.39 is 0 Å². The van der Waals surface area contributed by atoms with Crippen LogP contribution in [-0.2, 0) is 0 Å². The lowest BCUT2D eigenvalue weighted by Gasteiger charge is -2.07. The number of allylic oxidation sites excluding steroid dienone is 6. The lowest BCUT2D eigenvalue weighted by molar-refractivity contribution is 0.480. The second kappa shape index (κ2) is 4.83. The average molecular weight is 310 g/mol. The van der Waals surface area contributed by atoms with Crippen LogP contribution in [0, 0.1) is 0 Å². The number of aromatic nitrogens is 1. The van der Waals surface area contributed by atoms with E-state index in [0.717, 1.165) is 39.0 Å². The number of hydrogen-bond acceptors (Lipinski definition) is 2. The van der Waals surface area contributed by atoms with E-state index >= 15 is 0 Å². The third-order valence-electron chi connectivity index (χ3n) is 4.51. The van der Waals surface area contributed by atoms with Gasteiger partial charge in [0, 0.05) is 22.0 Å². The monoisotopic (exact) mass is 310 g/mol. The quantitative estimate of drug-likeness (QED) is 0.660. The van der Waals surface area contributed by atoms with Crippen LogP contribution >= 0.6 is 0 Å². The van der Waals surface area contributed by atoms with E-state index in [1.54, 1.807) is 0 Å². The first-order valence-corrected chi connectivity index (χ1v) is 7.90. The van der Waals surface area contributed by atoms with Gasteiger partial charge in [0.2, 0.25) is 0 Å². The summed E-state index contributed by atoms with van der Waals surface area (Å²) in [4.78, 5) is 8.13. The highest BCUT2D eigenvalue weighted by molar-refractivity contribution is 6.38. The van der Waals surface area contributed by atoms with Crippen molar-refractivity contribution in [2.75, 3.05) is 0 Å². The molecule has 1 aliphatic carbocycles. The van der Waals surface area contributed by atoms with Gasteiger partial charge in [0.05, 0.1) is 11.4 Å².